The van der Waals surface area contributed by atoms with E-state index in [9.17, 15) is 4.79 Å². The lowest BCUT2D eigenvalue weighted by atomic mass is 10.1. The summed E-state index contributed by atoms with van der Waals surface area (Å²) in [5.74, 6) is 1.02. The fourth-order valence-corrected chi connectivity index (χ4v) is 4.42. The van der Waals surface area contributed by atoms with Crippen LogP contribution >= 0.6 is 11.3 Å². The van der Waals surface area contributed by atoms with Crippen LogP contribution in [0.4, 0.5) is 0 Å². The van der Waals surface area contributed by atoms with Gasteiger partial charge in [0.25, 0.3) is 5.91 Å². The van der Waals surface area contributed by atoms with E-state index >= 15 is 0 Å². The minimum Gasteiger partial charge on any atom is -0.494 e. The molecule has 0 unspecified atom stereocenters. The number of rotatable bonds is 8. The Labute approximate surface area is 207 Å². The van der Waals surface area contributed by atoms with Crippen LogP contribution in [-0.4, -0.2) is 22.7 Å². The number of ether oxygens (including phenoxy) is 1. The molecule has 0 atom stereocenters. The highest BCUT2D eigenvalue weighted by molar-refractivity contribution is 7.13. The molecule has 0 bridgehead atoms. The molecule has 1 N–H and O–H groups in total. The summed E-state index contributed by atoms with van der Waals surface area (Å²) in [5.41, 5.74) is 5.13. The summed E-state index contributed by atoms with van der Waals surface area (Å²) in [5, 5.41) is 9.87. The number of carbonyl (C=O) groups excluding carboxylic acids is 1. The Hall–Kier alpha value is -4.23. The molecule has 7 heteroatoms. The third kappa shape index (κ3) is 5.31. The minimum atomic E-state index is -0.290. The summed E-state index contributed by atoms with van der Waals surface area (Å²) < 4.78 is 10.8. The second kappa shape index (κ2) is 10.4. The first-order valence-corrected chi connectivity index (χ1v) is 12.2. The zero-order valence-corrected chi connectivity index (χ0v) is 19.9. The number of thiazole rings is 1. The number of benzene rings is 3. The van der Waals surface area contributed by atoms with Gasteiger partial charge in [-0.05, 0) is 36.8 Å². The lowest BCUT2D eigenvalue weighted by Gasteiger charge is -2.04. The highest BCUT2D eigenvalue weighted by Crippen LogP contribution is 2.29. The van der Waals surface area contributed by atoms with Crippen molar-refractivity contribution in [1.82, 2.24) is 15.5 Å². The summed E-state index contributed by atoms with van der Waals surface area (Å²) in [6, 6.07) is 27.3. The van der Waals surface area contributed by atoms with E-state index in [0.717, 1.165) is 38.7 Å². The maximum absolute atomic E-state index is 12.6. The second-order valence-corrected chi connectivity index (χ2v) is 8.68. The zero-order valence-electron chi connectivity index (χ0n) is 19.1. The third-order valence-electron chi connectivity index (χ3n) is 5.42. The number of nitrogens with zero attached hydrogens (tertiary/aromatic N) is 2. The average molecular weight is 482 g/mol. The van der Waals surface area contributed by atoms with Gasteiger partial charge in [-0.1, -0.05) is 59.8 Å². The molecule has 0 spiro atoms. The van der Waals surface area contributed by atoms with Crippen molar-refractivity contribution in [3.05, 3.63) is 102 Å². The lowest BCUT2D eigenvalue weighted by molar-refractivity contribution is 0.0942. The molecule has 0 radical (unpaired) electrons. The van der Waals surface area contributed by atoms with Crippen LogP contribution in [-0.2, 0) is 6.54 Å². The molecule has 0 saturated heterocycles. The van der Waals surface area contributed by atoms with Crippen LogP contribution in [0.15, 0.2) is 94.8 Å². The molecule has 3 aromatic carbocycles. The Morgan fingerprint density at radius 1 is 0.943 bits per heavy atom. The first-order chi connectivity index (χ1) is 17.2. The van der Waals surface area contributed by atoms with E-state index in [4.69, 9.17) is 14.2 Å². The normalized spacial score (nSPS) is 10.8. The number of aromatic nitrogens is 2. The first-order valence-electron chi connectivity index (χ1n) is 11.3. The van der Waals surface area contributed by atoms with Gasteiger partial charge >= 0.3 is 0 Å². The predicted octanol–water partition coefficient (Wildman–Crippen LogP) is 6.46. The van der Waals surface area contributed by atoms with Gasteiger partial charge in [0.15, 0.2) is 11.5 Å². The Morgan fingerprint density at radius 3 is 2.43 bits per heavy atom. The number of hydrogen-bond donors (Lipinski definition) is 1. The van der Waals surface area contributed by atoms with E-state index in [1.165, 1.54) is 0 Å². The Kier molecular flexibility index (Phi) is 6.68. The van der Waals surface area contributed by atoms with Crippen LogP contribution in [0.2, 0.25) is 0 Å². The average Bonchev–Trinajstić information content (AvgIpc) is 3.60. The molecular formula is C28H23N3O3S. The van der Waals surface area contributed by atoms with Crippen molar-refractivity contribution in [1.29, 1.82) is 0 Å². The summed E-state index contributed by atoms with van der Waals surface area (Å²) in [6.07, 6.45) is 0. The molecule has 6 nitrogen and oxygen atoms in total. The quantitative estimate of drug-likeness (QED) is 0.275. The molecule has 35 heavy (non-hydrogen) atoms. The highest BCUT2D eigenvalue weighted by atomic mass is 32.1. The number of amides is 1. The van der Waals surface area contributed by atoms with Gasteiger partial charge in [0.2, 0.25) is 0 Å². The molecule has 0 aliphatic carbocycles. The van der Waals surface area contributed by atoms with E-state index in [1.807, 2.05) is 73.7 Å². The maximum atomic E-state index is 12.6. The summed E-state index contributed by atoms with van der Waals surface area (Å²) in [7, 11) is 0. The van der Waals surface area contributed by atoms with E-state index < -0.39 is 0 Å². The van der Waals surface area contributed by atoms with Crippen LogP contribution in [0.5, 0.6) is 5.75 Å². The fraction of sp³-hybridized carbons (Fsp3) is 0.107. The molecule has 0 aliphatic heterocycles. The predicted molar refractivity (Wildman–Crippen MR) is 137 cm³/mol. The van der Waals surface area contributed by atoms with Crippen molar-refractivity contribution in [3.8, 4) is 38.9 Å². The standard InChI is InChI=1S/C28H23N3O3S/c1-2-33-23-14-12-21(13-15-23)26-16-24(31-34-26)27(32)29-17-19-8-10-20(11-9-19)25-18-35-28(30-25)22-6-4-3-5-7-22/h3-16,18H,2,17H2,1H3,(H,29,32). The molecule has 5 aromatic rings. The molecule has 174 valence electrons. The van der Waals surface area contributed by atoms with Gasteiger partial charge in [-0.3, -0.25) is 4.79 Å². The number of nitrogens with one attached hydrogen (secondary N) is 1. The lowest BCUT2D eigenvalue weighted by Crippen LogP contribution is -2.22. The van der Waals surface area contributed by atoms with Crippen molar-refractivity contribution >= 4 is 17.2 Å². The SMILES string of the molecule is CCOc1ccc(-c2cc(C(=O)NCc3ccc(-c4csc(-c5ccccc5)n4)cc3)no2)cc1. The molecule has 2 aromatic heterocycles. The smallest absolute Gasteiger partial charge is 0.273 e. The number of hydrogen-bond acceptors (Lipinski definition) is 6. The molecule has 0 aliphatic rings. The summed E-state index contributed by atoms with van der Waals surface area (Å²) in [4.78, 5) is 17.3. The van der Waals surface area contributed by atoms with E-state index in [2.05, 4.69) is 28.0 Å². The largest absolute Gasteiger partial charge is 0.494 e. The van der Waals surface area contributed by atoms with E-state index in [-0.39, 0.29) is 11.6 Å². The van der Waals surface area contributed by atoms with Gasteiger partial charge in [-0.2, -0.15) is 0 Å². The third-order valence-corrected chi connectivity index (χ3v) is 6.31. The van der Waals surface area contributed by atoms with Gasteiger partial charge in [0, 0.05) is 34.7 Å². The zero-order chi connectivity index (χ0) is 24.0. The Bertz CT molecular complexity index is 1410. The van der Waals surface area contributed by atoms with Gasteiger partial charge in [0.1, 0.15) is 10.8 Å². The van der Waals surface area contributed by atoms with Crippen molar-refractivity contribution in [2.24, 2.45) is 0 Å². The minimum absolute atomic E-state index is 0.237. The first kappa shape index (κ1) is 22.6. The monoisotopic (exact) mass is 481 g/mol. The van der Waals surface area contributed by atoms with Gasteiger partial charge in [-0.25, -0.2) is 4.98 Å². The maximum Gasteiger partial charge on any atom is 0.273 e. The topological polar surface area (TPSA) is 77.2 Å². The van der Waals surface area contributed by atoms with Crippen molar-refractivity contribution < 1.29 is 14.1 Å². The molecular weight excluding hydrogens is 458 g/mol. The Balaban J connectivity index is 1.19. The molecule has 0 fully saturated rings. The molecule has 0 saturated carbocycles. The number of carbonyl (C=O) groups is 1. The van der Waals surface area contributed by atoms with Crippen LogP contribution in [0, 0.1) is 0 Å². The summed E-state index contributed by atoms with van der Waals surface area (Å²) in [6.45, 7) is 2.93. The van der Waals surface area contributed by atoms with Gasteiger partial charge in [0.05, 0.1) is 12.3 Å². The molecule has 1 amide bonds. The van der Waals surface area contributed by atoms with Gasteiger partial charge < -0.3 is 14.6 Å². The molecule has 2 heterocycles. The van der Waals surface area contributed by atoms with E-state index in [0.29, 0.717) is 18.9 Å². The van der Waals surface area contributed by atoms with Gasteiger partial charge in [-0.15, -0.1) is 11.3 Å². The van der Waals surface area contributed by atoms with Crippen LogP contribution in [0.25, 0.3) is 33.2 Å². The fourth-order valence-electron chi connectivity index (χ4n) is 3.59. The molecule has 5 rings (SSSR count). The van der Waals surface area contributed by atoms with Crippen LogP contribution < -0.4 is 10.1 Å². The van der Waals surface area contributed by atoms with Crippen LogP contribution in [0.1, 0.15) is 23.0 Å². The van der Waals surface area contributed by atoms with Crippen molar-refractivity contribution in [2.75, 3.05) is 6.61 Å². The summed E-state index contributed by atoms with van der Waals surface area (Å²) >= 11 is 1.63. The second-order valence-electron chi connectivity index (χ2n) is 7.82. The van der Waals surface area contributed by atoms with Crippen LogP contribution in [0.3, 0.4) is 0 Å². The Morgan fingerprint density at radius 2 is 1.69 bits per heavy atom. The van der Waals surface area contributed by atoms with E-state index in [1.54, 1.807) is 17.4 Å². The van der Waals surface area contributed by atoms with Crippen molar-refractivity contribution in [2.45, 2.75) is 13.5 Å². The van der Waals surface area contributed by atoms with Crippen molar-refractivity contribution in [3.63, 3.8) is 0 Å². The highest BCUT2D eigenvalue weighted by Gasteiger charge is 2.14.